The molecule has 2 N–H and O–H groups in total. The maximum Gasteiger partial charge on any atom is 0.248 e. The molecule has 0 radical (unpaired) electrons. The van der Waals surface area contributed by atoms with Crippen molar-refractivity contribution in [2.45, 2.75) is 31.9 Å². The summed E-state index contributed by atoms with van der Waals surface area (Å²) in [7, 11) is 0. The molecule has 0 aromatic carbocycles. The zero-order valence-electron chi connectivity index (χ0n) is 11.2. The summed E-state index contributed by atoms with van der Waals surface area (Å²) in [6, 6.07) is 0. The molecule has 1 heterocycles. The van der Waals surface area contributed by atoms with Crippen LogP contribution in [0, 0.1) is 5.41 Å². The lowest BCUT2D eigenvalue weighted by Gasteiger charge is -2.18. The smallest absolute Gasteiger partial charge is 0.248 e. The van der Waals surface area contributed by atoms with Gasteiger partial charge in [0.15, 0.2) is 0 Å². The topological polar surface area (TPSA) is 67.2 Å². The molecule has 1 aromatic rings. The van der Waals surface area contributed by atoms with Gasteiger partial charge in [-0.3, -0.25) is 4.79 Å². The number of aromatic nitrogens is 2. The molecule has 106 valence electrons. The van der Waals surface area contributed by atoms with Crippen molar-refractivity contribution in [3.05, 3.63) is 18.7 Å². The summed E-state index contributed by atoms with van der Waals surface area (Å²) in [5, 5.41) is 12.6. The van der Waals surface area contributed by atoms with E-state index in [1.54, 1.807) is 24.3 Å². The van der Waals surface area contributed by atoms with Crippen molar-refractivity contribution < 1.29 is 9.90 Å². The number of imidazole rings is 1. The van der Waals surface area contributed by atoms with Crippen molar-refractivity contribution in [3.63, 3.8) is 0 Å². The first-order chi connectivity index (χ1) is 9.15. The zero-order chi connectivity index (χ0) is 13.7. The van der Waals surface area contributed by atoms with Crippen molar-refractivity contribution in [1.82, 2.24) is 14.9 Å². The van der Waals surface area contributed by atoms with E-state index in [1.165, 1.54) is 0 Å². The van der Waals surface area contributed by atoms with E-state index in [1.807, 2.05) is 17.0 Å². The Bertz CT molecular complexity index is 404. The second kappa shape index (κ2) is 6.43. The summed E-state index contributed by atoms with van der Waals surface area (Å²) >= 11 is 1.64. The Morgan fingerprint density at radius 3 is 3.00 bits per heavy atom. The Morgan fingerprint density at radius 1 is 1.63 bits per heavy atom. The van der Waals surface area contributed by atoms with Crippen LogP contribution >= 0.6 is 11.8 Å². The van der Waals surface area contributed by atoms with Gasteiger partial charge in [0.1, 0.15) is 6.10 Å². The Labute approximate surface area is 117 Å². The third-order valence-electron chi connectivity index (χ3n) is 3.57. The number of aliphatic hydroxyl groups is 1. The molecule has 0 bridgehead atoms. The number of rotatable bonds is 8. The molecule has 1 saturated carbocycles. The van der Waals surface area contributed by atoms with Crippen molar-refractivity contribution in [2.24, 2.45) is 5.41 Å². The van der Waals surface area contributed by atoms with E-state index >= 15 is 0 Å². The molecule has 0 spiro atoms. The molecule has 0 aliphatic heterocycles. The van der Waals surface area contributed by atoms with Crippen molar-refractivity contribution >= 4 is 17.7 Å². The molecule has 1 fully saturated rings. The minimum Gasteiger partial charge on any atom is -0.383 e. The van der Waals surface area contributed by atoms with Crippen LogP contribution in [0.3, 0.4) is 0 Å². The van der Waals surface area contributed by atoms with Gasteiger partial charge in [-0.05, 0) is 31.3 Å². The molecule has 2 rings (SSSR count). The summed E-state index contributed by atoms with van der Waals surface area (Å²) in [5.41, 5.74) is 0.162. The summed E-state index contributed by atoms with van der Waals surface area (Å²) in [4.78, 5) is 15.8. The average Bonchev–Trinajstić information content (AvgIpc) is 2.98. The van der Waals surface area contributed by atoms with E-state index in [4.69, 9.17) is 0 Å². The minimum absolute atomic E-state index is 0.162. The van der Waals surface area contributed by atoms with Gasteiger partial charge >= 0.3 is 0 Å². The Morgan fingerprint density at radius 2 is 2.42 bits per heavy atom. The van der Waals surface area contributed by atoms with Gasteiger partial charge in [-0.2, -0.15) is 11.8 Å². The van der Waals surface area contributed by atoms with Crippen molar-refractivity contribution in [2.75, 3.05) is 18.6 Å². The zero-order valence-corrected chi connectivity index (χ0v) is 12.0. The van der Waals surface area contributed by atoms with Gasteiger partial charge < -0.3 is 15.0 Å². The van der Waals surface area contributed by atoms with E-state index in [9.17, 15) is 9.90 Å². The lowest BCUT2D eigenvalue weighted by Crippen LogP contribution is -2.39. The summed E-state index contributed by atoms with van der Waals surface area (Å²) < 4.78 is 2.04. The van der Waals surface area contributed by atoms with Crippen molar-refractivity contribution in [1.29, 1.82) is 0 Å². The summed E-state index contributed by atoms with van der Waals surface area (Å²) in [6.45, 7) is 1.52. The van der Waals surface area contributed by atoms with E-state index in [2.05, 4.69) is 10.3 Å². The second-order valence-corrected chi connectivity index (χ2v) is 6.24. The largest absolute Gasteiger partial charge is 0.383 e. The molecule has 1 aliphatic rings. The van der Waals surface area contributed by atoms with Gasteiger partial charge in [-0.1, -0.05) is 0 Å². The molecule has 19 heavy (non-hydrogen) atoms. The third kappa shape index (κ3) is 4.24. The van der Waals surface area contributed by atoms with Gasteiger partial charge in [0.05, 0.1) is 6.33 Å². The highest BCUT2D eigenvalue weighted by atomic mass is 32.2. The van der Waals surface area contributed by atoms with Crippen molar-refractivity contribution in [3.8, 4) is 0 Å². The number of thioether (sulfide) groups is 1. The van der Waals surface area contributed by atoms with Gasteiger partial charge in [0, 0.05) is 30.9 Å². The van der Waals surface area contributed by atoms with Crippen LogP contribution in [0.5, 0.6) is 0 Å². The lowest BCUT2D eigenvalue weighted by atomic mass is 10.1. The fourth-order valence-electron chi connectivity index (χ4n) is 2.09. The molecule has 6 heteroatoms. The van der Waals surface area contributed by atoms with E-state index in [-0.39, 0.29) is 11.3 Å². The predicted molar refractivity (Wildman–Crippen MR) is 75.9 cm³/mol. The minimum atomic E-state index is -0.878. The van der Waals surface area contributed by atoms with Gasteiger partial charge in [0.25, 0.3) is 0 Å². The van der Waals surface area contributed by atoms with Crippen LogP contribution in [-0.2, 0) is 11.3 Å². The Hall–Kier alpha value is -1.01. The standard InChI is InChI=1S/C13H21N3O2S/c1-19-7-2-11(17)12(18)15-8-13(3-4-13)9-16-6-5-14-10-16/h5-6,10-11,17H,2-4,7-9H2,1H3,(H,15,18)/t11-/m0/s1. The molecular weight excluding hydrogens is 262 g/mol. The lowest BCUT2D eigenvalue weighted by molar-refractivity contribution is -0.129. The number of carbonyl (C=O) groups is 1. The summed E-state index contributed by atoms with van der Waals surface area (Å²) in [6.07, 6.45) is 9.34. The molecule has 1 amide bonds. The van der Waals surface area contributed by atoms with Crippen LogP contribution in [0.1, 0.15) is 19.3 Å². The third-order valence-corrected chi connectivity index (χ3v) is 4.21. The highest BCUT2D eigenvalue weighted by molar-refractivity contribution is 7.98. The summed E-state index contributed by atoms with van der Waals surface area (Å²) in [5.74, 6) is 0.556. The Balaban J connectivity index is 1.74. The van der Waals surface area contributed by atoms with Crippen LogP contribution in [0.2, 0.25) is 0 Å². The maximum atomic E-state index is 11.7. The number of carbonyl (C=O) groups excluding carboxylic acids is 1. The quantitative estimate of drug-likeness (QED) is 0.743. The monoisotopic (exact) mass is 283 g/mol. The number of nitrogens with one attached hydrogen (secondary N) is 1. The molecule has 1 atom stereocenters. The maximum absolute atomic E-state index is 11.7. The molecule has 1 aromatic heterocycles. The van der Waals surface area contributed by atoms with Crippen LogP contribution in [0.4, 0.5) is 0 Å². The molecule has 5 nitrogen and oxygen atoms in total. The van der Waals surface area contributed by atoms with Gasteiger partial charge in [0.2, 0.25) is 5.91 Å². The fraction of sp³-hybridized carbons (Fsp3) is 0.692. The van der Waals surface area contributed by atoms with Gasteiger partial charge in [-0.15, -0.1) is 0 Å². The number of nitrogens with zero attached hydrogens (tertiary/aromatic N) is 2. The molecule has 0 unspecified atom stereocenters. The average molecular weight is 283 g/mol. The Kier molecular flexibility index (Phi) is 4.87. The van der Waals surface area contributed by atoms with Crippen LogP contribution in [0.25, 0.3) is 0 Å². The molecule has 0 saturated heterocycles. The van der Waals surface area contributed by atoms with Crippen LogP contribution < -0.4 is 5.32 Å². The first-order valence-corrected chi connectivity index (χ1v) is 7.95. The van der Waals surface area contributed by atoms with Gasteiger partial charge in [-0.25, -0.2) is 4.98 Å². The first kappa shape index (κ1) is 14.4. The fourth-order valence-corrected chi connectivity index (χ4v) is 2.55. The number of hydrogen-bond donors (Lipinski definition) is 2. The predicted octanol–water partition coefficient (Wildman–Crippen LogP) is 0.893. The first-order valence-electron chi connectivity index (χ1n) is 6.56. The number of amides is 1. The molecule has 1 aliphatic carbocycles. The second-order valence-electron chi connectivity index (χ2n) is 5.25. The van der Waals surface area contributed by atoms with E-state index in [0.29, 0.717) is 13.0 Å². The molecular formula is C13H21N3O2S. The van der Waals surface area contributed by atoms with Crippen LogP contribution in [0.15, 0.2) is 18.7 Å². The van der Waals surface area contributed by atoms with E-state index < -0.39 is 6.10 Å². The normalized spacial score (nSPS) is 18.0. The van der Waals surface area contributed by atoms with Crippen LogP contribution in [-0.4, -0.2) is 45.2 Å². The van der Waals surface area contributed by atoms with E-state index in [0.717, 1.165) is 25.1 Å². The highest BCUT2D eigenvalue weighted by Crippen LogP contribution is 2.46. The number of hydrogen-bond acceptors (Lipinski definition) is 4. The SMILES string of the molecule is CSCC[C@H](O)C(=O)NCC1(Cn2ccnc2)CC1. The number of aliphatic hydroxyl groups excluding tert-OH is 1. The highest BCUT2D eigenvalue weighted by Gasteiger charge is 2.43.